The van der Waals surface area contributed by atoms with Gasteiger partial charge in [-0.1, -0.05) is 0 Å². The van der Waals surface area contributed by atoms with Crippen molar-refractivity contribution in [3.05, 3.63) is 33.5 Å². The van der Waals surface area contributed by atoms with Gasteiger partial charge in [0.25, 0.3) is 0 Å². The molecular formula is C15H15F3INO3. The smallest absolute Gasteiger partial charge is 0.433 e. The van der Waals surface area contributed by atoms with Crippen molar-refractivity contribution < 1.29 is 27.4 Å². The highest BCUT2D eigenvalue weighted by Crippen LogP contribution is 2.34. The van der Waals surface area contributed by atoms with E-state index in [1.807, 2.05) is 0 Å². The second-order valence-corrected chi connectivity index (χ2v) is 5.86. The summed E-state index contributed by atoms with van der Waals surface area (Å²) >= 11 is 2.09. The molecule has 8 heteroatoms. The van der Waals surface area contributed by atoms with Gasteiger partial charge in [-0.3, -0.25) is 0 Å². The van der Waals surface area contributed by atoms with E-state index in [9.17, 15) is 13.2 Å². The van der Waals surface area contributed by atoms with Crippen molar-refractivity contribution in [2.45, 2.75) is 6.18 Å². The number of nitrogens with zero attached hydrogens (tertiary/aromatic N) is 1. The molecule has 0 unspecified atom stereocenters. The maximum absolute atomic E-state index is 12.9. The average Bonchev–Trinajstić information content (AvgIpc) is 2.49. The van der Waals surface area contributed by atoms with E-state index in [1.165, 1.54) is 0 Å². The van der Waals surface area contributed by atoms with Gasteiger partial charge in [0.15, 0.2) is 0 Å². The number of methoxy groups -OCH3 is 1. The number of alkyl halides is 3. The average molecular weight is 441 g/mol. The molecule has 1 aromatic heterocycles. The zero-order chi connectivity index (χ0) is 16.9. The lowest BCUT2D eigenvalue weighted by molar-refractivity contribution is -0.141. The molecule has 0 aliphatic carbocycles. The van der Waals surface area contributed by atoms with E-state index in [0.29, 0.717) is 18.6 Å². The lowest BCUT2D eigenvalue weighted by Gasteiger charge is -2.13. The van der Waals surface area contributed by atoms with Crippen molar-refractivity contribution in [2.75, 3.05) is 33.5 Å². The summed E-state index contributed by atoms with van der Waals surface area (Å²) in [4.78, 5) is 3.66. The predicted molar refractivity (Wildman–Crippen MR) is 87.7 cm³/mol. The molecule has 0 fully saturated rings. The van der Waals surface area contributed by atoms with E-state index < -0.39 is 11.9 Å². The monoisotopic (exact) mass is 441 g/mol. The van der Waals surface area contributed by atoms with Gasteiger partial charge in [-0.15, -0.1) is 0 Å². The third kappa shape index (κ3) is 5.18. The Morgan fingerprint density at radius 2 is 1.83 bits per heavy atom. The van der Waals surface area contributed by atoms with Crippen molar-refractivity contribution in [3.63, 3.8) is 0 Å². The van der Waals surface area contributed by atoms with Crippen LogP contribution in [0.5, 0.6) is 5.75 Å². The Kier molecular flexibility index (Phi) is 6.42. The van der Waals surface area contributed by atoms with E-state index in [2.05, 4.69) is 27.6 Å². The molecule has 4 nitrogen and oxygen atoms in total. The molecule has 1 aromatic carbocycles. The Bertz CT molecular complexity index is 664. The molecule has 0 saturated heterocycles. The van der Waals surface area contributed by atoms with Crippen LogP contribution in [0.15, 0.2) is 24.3 Å². The van der Waals surface area contributed by atoms with Crippen LogP contribution in [0.2, 0.25) is 0 Å². The van der Waals surface area contributed by atoms with E-state index in [1.54, 1.807) is 25.3 Å². The molecule has 0 atom stereocenters. The number of aromatic nitrogens is 1. The lowest BCUT2D eigenvalue weighted by Crippen LogP contribution is -2.12. The summed E-state index contributed by atoms with van der Waals surface area (Å²) in [6, 6.07) is 5.92. The second kappa shape index (κ2) is 8.11. The normalized spacial score (nSPS) is 11.9. The van der Waals surface area contributed by atoms with Crippen LogP contribution >= 0.6 is 22.6 Å². The summed E-state index contributed by atoms with van der Waals surface area (Å²) in [5, 5.41) is 0.543. The fourth-order valence-corrected chi connectivity index (χ4v) is 2.38. The molecule has 1 heterocycles. The summed E-state index contributed by atoms with van der Waals surface area (Å²) < 4.78 is 55.3. The van der Waals surface area contributed by atoms with Gasteiger partial charge in [-0.25, -0.2) is 4.98 Å². The molecule has 0 radical (unpaired) electrons. The number of ether oxygens (including phenoxy) is 3. The largest absolute Gasteiger partial charge is 0.490 e. The molecular weight excluding hydrogens is 426 g/mol. The summed E-state index contributed by atoms with van der Waals surface area (Å²) in [5.41, 5.74) is -0.725. The number of fused-ring (bicyclic) bond motifs is 1. The first-order valence-electron chi connectivity index (χ1n) is 6.79. The van der Waals surface area contributed by atoms with E-state index in [-0.39, 0.29) is 24.5 Å². The van der Waals surface area contributed by atoms with Gasteiger partial charge in [0.1, 0.15) is 18.1 Å². The first kappa shape index (κ1) is 18.2. The Hall–Kier alpha value is -1.13. The molecule has 0 N–H and O–H groups in total. The molecule has 0 saturated carbocycles. The van der Waals surface area contributed by atoms with E-state index >= 15 is 0 Å². The Balaban J connectivity index is 2.20. The van der Waals surface area contributed by atoms with Gasteiger partial charge in [0.05, 0.1) is 25.3 Å². The second-order valence-electron chi connectivity index (χ2n) is 4.62. The predicted octanol–water partition coefficient (Wildman–Crippen LogP) is 3.90. The van der Waals surface area contributed by atoms with Crippen LogP contribution in [-0.4, -0.2) is 38.5 Å². The fourth-order valence-electron chi connectivity index (χ4n) is 1.89. The Morgan fingerprint density at radius 3 is 2.52 bits per heavy atom. The minimum absolute atomic E-state index is 0.144. The molecule has 2 aromatic rings. The molecule has 0 spiro atoms. The number of halogens is 4. The minimum atomic E-state index is -4.52. The van der Waals surface area contributed by atoms with Crippen LogP contribution in [0.4, 0.5) is 13.2 Å². The van der Waals surface area contributed by atoms with Crippen LogP contribution in [0.1, 0.15) is 5.69 Å². The van der Waals surface area contributed by atoms with Crippen LogP contribution < -0.4 is 4.74 Å². The quantitative estimate of drug-likeness (QED) is 0.483. The van der Waals surface area contributed by atoms with Crippen LogP contribution in [0.25, 0.3) is 10.9 Å². The zero-order valence-electron chi connectivity index (χ0n) is 12.3. The van der Waals surface area contributed by atoms with Crippen molar-refractivity contribution in [2.24, 2.45) is 0 Å². The van der Waals surface area contributed by atoms with Crippen molar-refractivity contribution in [3.8, 4) is 5.75 Å². The topological polar surface area (TPSA) is 40.6 Å². The molecule has 23 heavy (non-hydrogen) atoms. The standard InChI is InChI=1S/C15H15F3INO3/c1-21-4-5-22-6-7-23-13-9-14(15(16,17)18)20-12-3-2-10(19)8-11(12)13/h2-3,8-9H,4-7H2,1H3. The molecule has 0 bridgehead atoms. The zero-order valence-corrected chi connectivity index (χ0v) is 14.5. The Labute approximate surface area is 145 Å². The summed E-state index contributed by atoms with van der Waals surface area (Å²) in [5.74, 6) is 0.149. The van der Waals surface area contributed by atoms with Crippen molar-refractivity contribution in [1.29, 1.82) is 0 Å². The molecule has 0 amide bonds. The number of benzene rings is 1. The SMILES string of the molecule is COCCOCCOc1cc(C(F)(F)F)nc2ccc(I)cc12. The maximum Gasteiger partial charge on any atom is 0.433 e. The highest BCUT2D eigenvalue weighted by atomic mass is 127. The van der Waals surface area contributed by atoms with Crippen LogP contribution in [0, 0.1) is 3.57 Å². The lowest BCUT2D eigenvalue weighted by atomic mass is 10.2. The van der Waals surface area contributed by atoms with Crippen molar-refractivity contribution >= 4 is 33.5 Å². The van der Waals surface area contributed by atoms with Crippen LogP contribution in [-0.2, 0) is 15.7 Å². The molecule has 2 rings (SSSR count). The van der Waals surface area contributed by atoms with Gasteiger partial charge < -0.3 is 14.2 Å². The summed E-state index contributed by atoms with van der Waals surface area (Å²) in [6.07, 6.45) is -4.52. The van der Waals surface area contributed by atoms with E-state index in [0.717, 1.165) is 9.64 Å². The van der Waals surface area contributed by atoms with Gasteiger partial charge in [0, 0.05) is 22.1 Å². The third-order valence-electron chi connectivity index (χ3n) is 2.94. The van der Waals surface area contributed by atoms with Crippen molar-refractivity contribution in [1.82, 2.24) is 4.98 Å². The highest BCUT2D eigenvalue weighted by Gasteiger charge is 2.33. The number of rotatable bonds is 7. The minimum Gasteiger partial charge on any atom is -0.490 e. The molecule has 126 valence electrons. The van der Waals surface area contributed by atoms with Gasteiger partial charge >= 0.3 is 6.18 Å². The summed E-state index contributed by atoms with van der Waals surface area (Å²) in [7, 11) is 1.56. The first-order valence-corrected chi connectivity index (χ1v) is 7.86. The van der Waals surface area contributed by atoms with E-state index in [4.69, 9.17) is 14.2 Å². The number of hydrogen-bond acceptors (Lipinski definition) is 4. The Morgan fingerprint density at radius 1 is 1.09 bits per heavy atom. The summed E-state index contributed by atoms with van der Waals surface area (Å²) in [6.45, 7) is 1.27. The molecule has 0 aliphatic rings. The van der Waals surface area contributed by atoms with Gasteiger partial charge in [-0.2, -0.15) is 13.2 Å². The van der Waals surface area contributed by atoms with Crippen LogP contribution in [0.3, 0.4) is 0 Å². The highest BCUT2D eigenvalue weighted by molar-refractivity contribution is 14.1. The maximum atomic E-state index is 12.9. The fraction of sp³-hybridized carbons (Fsp3) is 0.400. The van der Waals surface area contributed by atoms with Gasteiger partial charge in [-0.05, 0) is 40.8 Å². The first-order chi connectivity index (χ1) is 10.9. The number of pyridine rings is 1. The molecule has 0 aliphatic heterocycles. The third-order valence-corrected chi connectivity index (χ3v) is 3.61. The number of hydrogen-bond donors (Lipinski definition) is 0. The van der Waals surface area contributed by atoms with Gasteiger partial charge in [0.2, 0.25) is 0 Å².